The molecule has 0 radical (unpaired) electrons. The summed E-state index contributed by atoms with van der Waals surface area (Å²) in [5.41, 5.74) is 0.133. The number of nitrogens with zero attached hydrogens (tertiary/aromatic N) is 2. The Bertz CT molecular complexity index is 745. The Morgan fingerprint density at radius 2 is 2.22 bits per heavy atom. The van der Waals surface area contributed by atoms with E-state index in [0.717, 1.165) is 0 Å². The fourth-order valence-electron chi connectivity index (χ4n) is 1.90. The molecule has 3 heterocycles. The van der Waals surface area contributed by atoms with E-state index in [1.807, 2.05) is 0 Å². The molecule has 3 aromatic heterocycles. The van der Waals surface area contributed by atoms with Crippen molar-refractivity contribution in [1.29, 1.82) is 0 Å². The van der Waals surface area contributed by atoms with Crippen LogP contribution in [0.15, 0.2) is 52.0 Å². The molecule has 90 valence electrons. The maximum atomic E-state index is 11.9. The summed E-state index contributed by atoms with van der Waals surface area (Å²) in [6.45, 7) is 0.291. The van der Waals surface area contributed by atoms with Crippen LogP contribution in [0.25, 0.3) is 11.0 Å². The lowest BCUT2D eigenvalue weighted by atomic mass is 10.2. The van der Waals surface area contributed by atoms with E-state index in [2.05, 4.69) is 4.98 Å². The molecule has 5 heteroatoms. The Kier molecular flexibility index (Phi) is 2.37. The third kappa shape index (κ3) is 1.66. The molecule has 3 aromatic rings. The van der Waals surface area contributed by atoms with Gasteiger partial charge in [0.1, 0.15) is 17.2 Å². The minimum absolute atomic E-state index is 0.0567. The van der Waals surface area contributed by atoms with E-state index >= 15 is 0 Å². The zero-order chi connectivity index (χ0) is 12.5. The molecule has 5 nitrogen and oxygen atoms in total. The fourth-order valence-corrected chi connectivity index (χ4v) is 1.90. The van der Waals surface area contributed by atoms with Crippen LogP contribution in [0.4, 0.5) is 0 Å². The number of furan rings is 1. The van der Waals surface area contributed by atoms with Crippen LogP contribution in [0.5, 0.6) is 5.75 Å². The maximum Gasteiger partial charge on any atom is 0.256 e. The van der Waals surface area contributed by atoms with Crippen LogP contribution < -0.4 is 5.56 Å². The summed E-state index contributed by atoms with van der Waals surface area (Å²) in [6, 6.07) is 8.16. The highest BCUT2D eigenvalue weighted by Crippen LogP contribution is 2.20. The Morgan fingerprint density at radius 3 is 3.00 bits per heavy atom. The van der Waals surface area contributed by atoms with Crippen LogP contribution in [0.3, 0.4) is 0 Å². The molecular formula is C13H10N2O3. The van der Waals surface area contributed by atoms with Gasteiger partial charge in [0.2, 0.25) is 0 Å². The largest absolute Gasteiger partial charge is 0.507 e. The minimum atomic E-state index is -0.310. The van der Waals surface area contributed by atoms with Gasteiger partial charge in [0.15, 0.2) is 0 Å². The summed E-state index contributed by atoms with van der Waals surface area (Å²) < 4.78 is 6.69. The normalized spacial score (nSPS) is 10.9. The molecule has 0 aliphatic carbocycles. The standard InChI is InChI=1S/C13H10N2O3/c16-11-7-12(17)15(8-9-3-2-6-18-9)13-10(11)4-1-5-14-13/h1-7,16H,8H2. The van der Waals surface area contributed by atoms with Crippen LogP contribution in [0.1, 0.15) is 5.76 Å². The average molecular weight is 242 g/mol. The van der Waals surface area contributed by atoms with Crippen LogP contribution in [0, 0.1) is 0 Å². The molecule has 3 rings (SSSR count). The van der Waals surface area contributed by atoms with Crippen molar-refractivity contribution in [1.82, 2.24) is 9.55 Å². The van der Waals surface area contributed by atoms with E-state index in [1.165, 1.54) is 10.6 Å². The second-order valence-electron chi connectivity index (χ2n) is 3.91. The third-order valence-corrected chi connectivity index (χ3v) is 2.74. The highest BCUT2D eigenvalue weighted by atomic mass is 16.3. The van der Waals surface area contributed by atoms with Gasteiger partial charge in [-0.3, -0.25) is 9.36 Å². The van der Waals surface area contributed by atoms with Crippen molar-refractivity contribution < 1.29 is 9.52 Å². The van der Waals surface area contributed by atoms with Crippen molar-refractivity contribution in [2.24, 2.45) is 0 Å². The maximum absolute atomic E-state index is 11.9. The number of aromatic nitrogens is 2. The quantitative estimate of drug-likeness (QED) is 0.743. The topological polar surface area (TPSA) is 68.3 Å². The minimum Gasteiger partial charge on any atom is -0.507 e. The zero-order valence-electron chi connectivity index (χ0n) is 9.41. The predicted octanol–water partition coefficient (Wildman–Crippen LogP) is 1.74. The summed E-state index contributed by atoms with van der Waals surface area (Å²) in [5.74, 6) is 0.605. The molecule has 0 amide bonds. The molecule has 0 saturated carbocycles. The molecule has 18 heavy (non-hydrogen) atoms. The molecule has 0 aliphatic heterocycles. The van der Waals surface area contributed by atoms with Crippen LogP contribution in [-0.4, -0.2) is 14.7 Å². The number of aromatic hydroxyl groups is 1. The van der Waals surface area contributed by atoms with Gasteiger partial charge < -0.3 is 9.52 Å². The molecule has 0 unspecified atom stereocenters. The molecule has 0 bridgehead atoms. The first-order valence-corrected chi connectivity index (χ1v) is 5.45. The highest BCUT2D eigenvalue weighted by molar-refractivity contribution is 5.81. The summed E-state index contributed by atoms with van der Waals surface area (Å²) in [7, 11) is 0. The molecule has 0 fully saturated rings. The van der Waals surface area contributed by atoms with Crippen molar-refractivity contribution in [3.8, 4) is 5.75 Å². The van der Waals surface area contributed by atoms with E-state index in [4.69, 9.17) is 4.42 Å². The number of hydrogen-bond donors (Lipinski definition) is 1. The van der Waals surface area contributed by atoms with E-state index < -0.39 is 0 Å². The van der Waals surface area contributed by atoms with Gasteiger partial charge in [-0.05, 0) is 24.3 Å². The lowest BCUT2D eigenvalue weighted by Gasteiger charge is -2.08. The average Bonchev–Trinajstić information content (AvgIpc) is 2.87. The Labute approximate surface area is 102 Å². The van der Waals surface area contributed by atoms with Gasteiger partial charge in [-0.1, -0.05) is 0 Å². The van der Waals surface area contributed by atoms with Gasteiger partial charge in [-0.25, -0.2) is 4.98 Å². The molecule has 0 aromatic carbocycles. The Hall–Kier alpha value is -2.56. The summed E-state index contributed by atoms with van der Waals surface area (Å²) in [4.78, 5) is 16.0. The second-order valence-corrected chi connectivity index (χ2v) is 3.91. The van der Waals surface area contributed by atoms with Gasteiger partial charge in [0, 0.05) is 12.3 Å². The van der Waals surface area contributed by atoms with Crippen molar-refractivity contribution in [3.63, 3.8) is 0 Å². The Morgan fingerprint density at radius 1 is 1.33 bits per heavy atom. The van der Waals surface area contributed by atoms with Crippen LogP contribution in [-0.2, 0) is 6.54 Å². The van der Waals surface area contributed by atoms with E-state index in [0.29, 0.717) is 23.3 Å². The fraction of sp³-hybridized carbons (Fsp3) is 0.0769. The third-order valence-electron chi connectivity index (χ3n) is 2.74. The highest BCUT2D eigenvalue weighted by Gasteiger charge is 2.10. The first-order valence-electron chi connectivity index (χ1n) is 5.45. The summed E-state index contributed by atoms with van der Waals surface area (Å²) in [6.07, 6.45) is 3.14. The smallest absolute Gasteiger partial charge is 0.256 e. The predicted molar refractivity (Wildman–Crippen MR) is 65.5 cm³/mol. The van der Waals surface area contributed by atoms with Crippen molar-refractivity contribution in [2.45, 2.75) is 6.54 Å². The van der Waals surface area contributed by atoms with Crippen LogP contribution in [0.2, 0.25) is 0 Å². The lowest BCUT2D eigenvalue weighted by molar-refractivity contribution is 0.474. The van der Waals surface area contributed by atoms with Gasteiger partial charge in [-0.2, -0.15) is 0 Å². The van der Waals surface area contributed by atoms with Gasteiger partial charge >= 0.3 is 0 Å². The molecule has 0 aliphatic rings. The van der Waals surface area contributed by atoms with E-state index in [-0.39, 0.29) is 11.3 Å². The number of fused-ring (bicyclic) bond motifs is 1. The van der Waals surface area contributed by atoms with Gasteiger partial charge in [0.05, 0.1) is 18.2 Å². The van der Waals surface area contributed by atoms with Crippen molar-refractivity contribution >= 4 is 11.0 Å². The number of hydrogen-bond acceptors (Lipinski definition) is 4. The van der Waals surface area contributed by atoms with E-state index in [9.17, 15) is 9.90 Å². The summed E-state index contributed by atoms with van der Waals surface area (Å²) >= 11 is 0. The lowest BCUT2D eigenvalue weighted by Crippen LogP contribution is -2.20. The van der Waals surface area contributed by atoms with Crippen molar-refractivity contribution in [2.75, 3.05) is 0 Å². The van der Waals surface area contributed by atoms with E-state index in [1.54, 1.807) is 36.7 Å². The molecule has 1 N–H and O–H groups in total. The molecule has 0 atom stereocenters. The second kappa shape index (κ2) is 4.03. The number of pyridine rings is 2. The SMILES string of the molecule is O=c1cc(O)c2cccnc2n1Cc1ccco1. The van der Waals surface area contributed by atoms with Crippen molar-refractivity contribution in [3.05, 3.63) is 58.9 Å². The summed E-state index contributed by atoms with van der Waals surface area (Å²) in [5, 5.41) is 10.3. The monoisotopic (exact) mass is 242 g/mol. The van der Waals surface area contributed by atoms with Gasteiger partial charge in [0.25, 0.3) is 5.56 Å². The van der Waals surface area contributed by atoms with Crippen LogP contribution >= 0.6 is 0 Å². The Balaban J connectivity index is 2.25. The molecule has 0 saturated heterocycles. The first-order chi connectivity index (χ1) is 8.75. The first kappa shape index (κ1) is 10.6. The molecule has 0 spiro atoms. The van der Waals surface area contributed by atoms with Gasteiger partial charge in [-0.15, -0.1) is 0 Å². The number of rotatable bonds is 2. The zero-order valence-corrected chi connectivity index (χ0v) is 9.41. The molecular weight excluding hydrogens is 232 g/mol.